The van der Waals surface area contributed by atoms with Crippen LogP contribution in [-0.4, -0.2) is 5.78 Å². The molecule has 0 aromatic rings. The van der Waals surface area contributed by atoms with Crippen LogP contribution in [0, 0.1) is 46.8 Å². The van der Waals surface area contributed by atoms with Gasteiger partial charge < -0.3 is 0 Å². The van der Waals surface area contributed by atoms with Crippen molar-refractivity contribution in [1.82, 2.24) is 0 Å². The maximum atomic E-state index is 12.0. The van der Waals surface area contributed by atoms with Crippen LogP contribution in [0.3, 0.4) is 0 Å². The maximum Gasteiger partial charge on any atom is 0.135 e. The van der Waals surface area contributed by atoms with E-state index in [-0.39, 0.29) is 0 Å². The Hall–Kier alpha value is -0.330. The molecule has 0 aliphatic heterocycles. The molecule has 1 heteroatoms. The molecule has 0 heterocycles. The molecule has 0 bridgehead atoms. The highest BCUT2D eigenvalue weighted by Crippen LogP contribution is 2.64. The minimum absolute atomic E-state index is 0.480. The fourth-order valence-corrected chi connectivity index (χ4v) is 8.58. The van der Waals surface area contributed by atoms with Crippen molar-refractivity contribution in [3.63, 3.8) is 0 Å². The minimum atomic E-state index is 0.480. The van der Waals surface area contributed by atoms with Gasteiger partial charge >= 0.3 is 0 Å². The van der Waals surface area contributed by atoms with Crippen LogP contribution in [0.2, 0.25) is 0 Å². The van der Waals surface area contributed by atoms with E-state index in [1.807, 2.05) is 0 Å². The lowest BCUT2D eigenvalue weighted by Gasteiger charge is -2.58. The lowest BCUT2D eigenvalue weighted by molar-refractivity contribution is -0.120. The number of carbonyl (C=O) groups is 1. The lowest BCUT2D eigenvalue weighted by atomic mass is 9.47. The summed E-state index contributed by atoms with van der Waals surface area (Å²) in [6, 6.07) is 0. The first kappa shape index (κ1) is 17.7. The SMILES string of the molecule is CC12CCCCC1CCC1C3CCC(CCCC(=O)C4CC4)C3CCC12. The van der Waals surface area contributed by atoms with Crippen LogP contribution in [0.15, 0.2) is 0 Å². The van der Waals surface area contributed by atoms with Gasteiger partial charge in [0.2, 0.25) is 0 Å². The molecule has 146 valence electrons. The molecule has 0 radical (unpaired) electrons. The summed E-state index contributed by atoms with van der Waals surface area (Å²) in [5.74, 6) is 7.28. The van der Waals surface area contributed by atoms with E-state index in [1.165, 1.54) is 77.0 Å². The highest BCUT2D eigenvalue weighted by molar-refractivity contribution is 5.83. The molecular weight excluding hydrogens is 316 g/mol. The third kappa shape index (κ3) is 3.00. The van der Waals surface area contributed by atoms with Gasteiger partial charge in [0, 0.05) is 12.3 Å². The number of carbonyl (C=O) groups excluding carboxylic acids is 1. The quantitative estimate of drug-likeness (QED) is 0.529. The summed E-state index contributed by atoms with van der Waals surface area (Å²) in [5.41, 5.74) is 0.695. The van der Waals surface area contributed by atoms with E-state index >= 15 is 0 Å². The summed E-state index contributed by atoms with van der Waals surface area (Å²) in [6.07, 6.45) is 21.1. The molecule has 0 amide bonds. The summed E-state index contributed by atoms with van der Waals surface area (Å²) >= 11 is 0. The monoisotopic (exact) mass is 356 g/mol. The number of hydrogen-bond acceptors (Lipinski definition) is 1. The molecule has 0 spiro atoms. The van der Waals surface area contributed by atoms with E-state index in [4.69, 9.17) is 0 Å². The van der Waals surface area contributed by atoms with Crippen LogP contribution >= 0.6 is 0 Å². The molecule has 0 N–H and O–H groups in total. The predicted molar refractivity (Wildman–Crippen MR) is 107 cm³/mol. The van der Waals surface area contributed by atoms with Crippen LogP contribution in [0.25, 0.3) is 0 Å². The number of rotatable bonds is 5. The van der Waals surface area contributed by atoms with Gasteiger partial charge in [-0.05, 0) is 118 Å². The molecular formula is C25H40O. The fraction of sp³-hybridized carbons (Fsp3) is 0.960. The van der Waals surface area contributed by atoms with Crippen LogP contribution < -0.4 is 0 Å². The lowest BCUT2D eigenvalue weighted by Crippen LogP contribution is -2.50. The summed E-state index contributed by atoms with van der Waals surface area (Å²) < 4.78 is 0. The van der Waals surface area contributed by atoms with Gasteiger partial charge in [0.25, 0.3) is 0 Å². The molecule has 0 aromatic heterocycles. The summed E-state index contributed by atoms with van der Waals surface area (Å²) in [6.45, 7) is 2.70. The average Bonchev–Trinajstić information content (AvgIpc) is 3.42. The predicted octanol–water partition coefficient (Wildman–Crippen LogP) is 6.79. The Balaban J connectivity index is 1.21. The molecule has 1 nitrogen and oxygen atoms in total. The Kier molecular flexibility index (Phi) is 4.73. The zero-order valence-electron chi connectivity index (χ0n) is 17.1. The van der Waals surface area contributed by atoms with Crippen molar-refractivity contribution >= 4 is 5.78 Å². The Morgan fingerprint density at radius 1 is 0.846 bits per heavy atom. The zero-order valence-corrected chi connectivity index (χ0v) is 17.1. The van der Waals surface area contributed by atoms with Gasteiger partial charge in [0.1, 0.15) is 5.78 Å². The fourth-order valence-electron chi connectivity index (χ4n) is 8.58. The minimum Gasteiger partial charge on any atom is -0.299 e. The van der Waals surface area contributed by atoms with Gasteiger partial charge in [-0.2, -0.15) is 0 Å². The van der Waals surface area contributed by atoms with Gasteiger partial charge in [-0.3, -0.25) is 4.79 Å². The van der Waals surface area contributed by atoms with Gasteiger partial charge in [0.05, 0.1) is 0 Å². The van der Waals surface area contributed by atoms with Gasteiger partial charge in [0.15, 0.2) is 0 Å². The van der Waals surface area contributed by atoms with Crippen LogP contribution in [0.1, 0.15) is 103 Å². The second kappa shape index (κ2) is 6.93. The van der Waals surface area contributed by atoms with E-state index in [9.17, 15) is 4.79 Å². The highest BCUT2D eigenvalue weighted by atomic mass is 16.1. The smallest absolute Gasteiger partial charge is 0.135 e. The first-order chi connectivity index (χ1) is 12.7. The number of fused-ring (bicyclic) bond motifs is 5. The second-order valence-corrected chi connectivity index (χ2v) is 11.2. The van der Waals surface area contributed by atoms with Gasteiger partial charge in [-0.25, -0.2) is 0 Å². The van der Waals surface area contributed by atoms with E-state index < -0.39 is 0 Å². The number of ketones is 1. The van der Waals surface area contributed by atoms with Crippen LogP contribution in [-0.2, 0) is 4.79 Å². The van der Waals surface area contributed by atoms with Crippen LogP contribution in [0.4, 0.5) is 0 Å². The average molecular weight is 357 g/mol. The molecule has 0 saturated heterocycles. The van der Waals surface area contributed by atoms with Crippen molar-refractivity contribution in [3.05, 3.63) is 0 Å². The highest BCUT2D eigenvalue weighted by Gasteiger charge is 2.55. The molecule has 7 atom stereocenters. The third-order valence-corrected chi connectivity index (χ3v) is 10.1. The summed E-state index contributed by atoms with van der Waals surface area (Å²) in [5, 5.41) is 0. The first-order valence-corrected chi connectivity index (χ1v) is 12.2. The molecule has 5 fully saturated rings. The first-order valence-electron chi connectivity index (χ1n) is 12.2. The molecule has 26 heavy (non-hydrogen) atoms. The van der Waals surface area contributed by atoms with Crippen molar-refractivity contribution in [2.24, 2.45) is 46.8 Å². The Morgan fingerprint density at radius 2 is 1.65 bits per heavy atom. The van der Waals surface area contributed by atoms with Crippen molar-refractivity contribution in [2.75, 3.05) is 0 Å². The number of Topliss-reactive ketones (excluding diaryl/α,β-unsaturated/α-hetero) is 1. The Morgan fingerprint density at radius 3 is 2.50 bits per heavy atom. The van der Waals surface area contributed by atoms with Crippen molar-refractivity contribution in [3.8, 4) is 0 Å². The molecule has 5 aliphatic rings. The molecule has 0 aromatic carbocycles. The standard InChI is InChI=1S/C25H40O/c1-25-16-3-2-6-19(25)11-13-22-21-12-10-17(20(21)14-15-23(22)25)5-4-7-24(26)18-8-9-18/h17-23H,2-16H2,1H3. The molecule has 5 saturated carbocycles. The molecule has 7 unspecified atom stereocenters. The van der Waals surface area contributed by atoms with Crippen molar-refractivity contribution in [2.45, 2.75) is 103 Å². The van der Waals surface area contributed by atoms with Crippen molar-refractivity contribution < 1.29 is 4.79 Å². The topological polar surface area (TPSA) is 17.1 Å². The Labute approximate surface area is 161 Å². The van der Waals surface area contributed by atoms with Gasteiger partial charge in [-0.15, -0.1) is 0 Å². The van der Waals surface area contributed by atoms with E-state index in [2.05, 4.69) is 6.92 Å². The molecule has 5 aliphatic carbocycles. The summed E-state index contributed by atoms with van der Waals surface area (Å²) in [7, 11) is 0. The van der Waals surface area contributed by atoms with Crippen LogP contribution in [0.5, 0.6) is 0 Å². The number of hydrogen-bond donors (Lipinski definition) is 0. The van der Waals surface area contributed by atoms with E-state index in [1.54, 1.807) is 12.8 Å². The second-order valence-electron chi connectivity index (χ2n) is 11.2. The Bertz CT molecular complexity index is 534. The maximum absolute atomic E-state index is 12.0. The van der Waals surface area contributed by atoms with Crippen molar-refractivity contribution in [1.29, 1.82) is 0 Å². The largest absolute Gasteiger partial charge is 0.299 e. The van der Waals surface area contributed by atoms with Gasteiger partial charge in [-0.1, -0.05) is 19.8 Å². The zero-order chi connectivity index (χ0) is 17.7. The summed E-state index contributed by atoms with van der Waals surface area (Å²) in [4.78, 5) is 12.0. The third-order valence-electron chi connectivity index (χ3n) is 10.1. The van der Waals surface area contributed by atoms with E-state index in [0.717, 1.165) is 41.9 Å². The van der Waals surface area contributed by atoms with E-state index in [0.29, 0.717) is 17.1 Å². The molecule has 5 rings (SSSR count). The normalized spacial score (nSPS) is 47.7.